The van der Waals surface area contributed by atoms with Gasteiger partial charge in [-0.05, 0) is 30.3 Å². The number of carbonyl (C=O) groups excluding carboxylic acids is 1. The number of ether oxygens (including phenoxy) is 2. The summed E-state index contributed by atoms with van der Waals surface area (Å²) in [5.41, 5.74) is 8.19. The van der Waals surface area contributed by atoms with E-state index in [1.807, 2.05) is 23.6 Å². The molecule has 0 saturated carbocycles. The fraction of sp³-hybridized carbons (Fsp3) is 0.0500. The molecule has 3 aromatic rings. The minimum Gasteiger partial charge on any atom is -0.454 e. The molecule has 0 saturated heterocycles. The number of nitrogens with zero attached hydrogens (tertiary/aromatic N) is 2. The number of anilines is 1. The molecule has 0 aliphatic carbocycles. The van der Waals surface area contributed by atoms with Crippen LogP contribution in [0.25, 0.3) is 16.8 Å². The predicted octanol–water partition coefficient (Wildman–Crippen LogP) is 3.61. The van der Waals surface area contributed by atoms with Crippen LogP contribution in [0.4, 0.5) is 5.69 Å². The molecule has 7 nitrogen and oxygen atoms in total. The van der Waals surface area contributed by atoms with E-state index in [4.69, 9.17) is 15.2 Å². The van der Waals surface area contributed by atoms with E-state index in [2.05, 4.69) is 16.4 Å². The number of allylic oxidation sites excluding steroid dienone is 1. The van der Waals surface area contributed by atoms with Crippen LogP contribution in [0.5, 0.6) is 11.5 Å². The summed E-state index contributed by atoms with van der Waals surface area (Å²) < 4.78 is 10.7. The maximum Gasteiger partial charge on any atom is 0.250 e. The fourth-order valence-corrected chi connectivity index (χ4v) is 3.50. The summed E-state index contributed by atoms with van der Waals surface area (Å²) in [5.74, 6) is 0.830. The highest BCUT2D eigenvalue weighted by molar-refractivity contribution is 7.11. The molecular formula is C20H14N4O3S. The van der Waals surface area contributed by atoms with E-state index in [9.17, 15) is 10.1 Å². The van der Waals surface area contributed by atoms with Gasteiger partial charge in [-0.1, -0.05) is 12.1 Å². The van der Waals surface area contributed by atoms with E-state index < -0.39 is 5.91 Å². The molecule has 0 radical (unpaired) electrons. The first kappa shape index (κ1) is 17.6. The fourth-order valence-electron chi connectivity index (χ4n) is 2.70. The molecule has 0 spiro atoms. The topological polar surface area (TPSA) is 110 Å². The molecule has 2 aromatic carbocycles. The molecule has 8 heteroatoms. The number of para-hydroxylation sites is 1. The van der Waals surface area contributed by atoms with Crippen LogP contribution in [0.2, 0.25) is 0 Å². The van der Waals surface area contributed by atoms with Gasteiger partial charge in [-0.2, -0.15) is 5.26 Å². The normalized spacial score (nSPS) is 12.5. The van der Waals surface area contributed by atoms with Crippen LogP contribution in [0.3, 0.4) is 0 Å². The minimum absolute atomic E-state index is 0.209. The highest BCUT2D eigenvalue weighted by Gasteiger charge is 2.16. The molecule has 2 heterocycles. The van der Waals surface area contributed by atoms with Crippen LogP contribution < -0.4 is 20.5 Å². The Hall–Kier alpha value is -3.83. The molecule has 0 unspecified atom stereocenters. The van der Waals surface area contributed by atoms with Crippen LogP contribution >= 0.6 is 11.3 Å². The Labute approximate surface area is 164 Å². The van der Waals surface area contributed by atoms with E-state index in [1.54, 1.807) is 24.3 Å². The zero-order valence-electron chi connectivity index (χ0n) is 14.5. The second-order valence-corrected chi connectivity index (χ2v) is 6.69. The van der Waals surface area contributed by atoms with Crippen molar-refractivity contribution in [1.29, 1.82) is 5.26 Å². The Morgan fingerprint density at radius 3 is 2.89 bits per heavy atom. The number of nitriles is 1. The van der Waals surface area contributed by atoms with Crippen LogP contribution in [-0.4, -0.2) is 17.7 Å². The zero-order chi connectivity index (χ0) is 19.5. The van der Waals surface area contributed by atoms with Crippen LogP contribution in [0, 0.1) is 11.3 Å². The lowest BCUT2D eigenvalue weighted by Crippen LogP contribution is -2.13. The average molecular weight is 390 g/mol. The monoisotopic (exact) mass is 390 g/mol. The third kappa shape index (κ3) is 3.39. The van der Waals surface area contributed by atoms with E-state index >= 15 is 0 Å². The first-order valence-corrected chi connectivity index (χ1v) is 9.15. The molecule has 4 rings (SSSR count). The molecule has 1 aliphatic rings. The average Bonchev–Trinajstić information content (AvgIpc) is 3.37. The Morgan fingerprint density at radius 1 is 1.25 bits per heavy atom. The molecule has 0 fully saturated rings. The molecule has 1 aliphatic heterocycles. The highest BCUT2D eigenvalue weighted by Crippen LogP contribution is 2.36. The zero-order valence-corrected chi connectivity index (χ0v) is 15.3. The Bertz CT molecular complexity index is 1130. The van der Waals surface area contributed by atoms with Gasteiger partial charge in [-0.15, -0.1) is 11.3 Å². The third-order valence-electron chi connectivity index (χ3n) is 4.09. The number of primary amides is 1. The predicted molar refractivity (Wildman–Crippen MR) is 106 cm³/mol. The standard InChI is InChI=1S/C20H14N4O3S/c21-8-13(9-23-15-4-2-1-3-14(15)19(22)25)20-24-16(10-28-20)12-5-6-17-18(7-12)27-11-26-17/h1-7,9-10,23H,11H2,(H2,22,25)/b13-9-. The van der Waals surface area contributed by atoms with Crippen molar-refractivity contribution in [3.63, 3.8) is 0 Å². The van der Waals surface area contributed by atoms with Gasteiger partial charge in [0.05, 0.1) is 16.9 Å². The molecule has 1 aromatic heterocycles. The maximum absolute atomic E-state index is 11.5. The lowest BCUT2D eigenvalue weighted by Gasteiger charge is -2.06. The van der Waals surface area contributed by atoms with Crippen molar-refractivity contribution in [3.05, 3.63) is 64.6 Å². The number of nitrogens with one attached hydrogen (secondary N) is 1. The number of fused-ring (bicyclic) bond motifs is 1. The number of hydrogen-bond donors (Lipinski definition) is 2. The summed E-state index contributed by atoms with van der Waals surface area (Å²) in [6.07, 6.45) is 1.52. The van der Waals surface area contributed by atoms with Gasteiger partial charge in [-0.25, -0.2) is 4.98 Å². The summed E-state index contributed by atoms with van der Waals surface area (Å²) >= 11 is 1.35. The van der Waals surface area contributed by atoms with Crippen molar-refractivity contribution < 1.29 is 14.3 Å². The first-order valence-electron chi connectivity index (χ1n) is 8.27. The Balaban J connectivity index is 1.59. The SMILES string of the molecule is N#C/C(=C/Nc1ccccc1C(N)=O)c1nc(-c2ccc3c(c2)OCO3)cs1. The maximum atomic E-state index is 11.5. The van der Waals surface area contributed by atoms with Gasteiger partial charge in [0.25, 0.3) is 5.91 Å². The van der Waals surface area contributed by atoms with E-state index in [1.165, 1.54) is 17.5 Å². The number of nitrogens with two attached hydrogens (primary N) is 1. The smallest absolute Gasteiger partial charge is 0.250 e. The van der Waals surface area contributed by atoms with Crippen LogP contribution in [-0.2, 0) is 0 Å². The second kappa shape index (κ2) is 7.42. The van der Waals surface area contributed by atoms with E-state index in [-0.39, 0.29) is 6.79 Å². The third-order valence-corrected chi connectivity index (χ3v) is 4.96. The summed E-state index contributed by atoms with van der Waals surface area (Å²) in [6.45, 7) is 0.209. The largest absolute Gasteiger partial charge is 0.454 e. The Morgan fingerprint density at radius 2 is 2.07 bits per heavy atom. The molecule has 0 bridgehead atoms. The number of amides is 1. The lowest BCUT2D eigenvalue weighted by atomic mass is 10.1. The number of thiazole rings is 1. The van der Waals surface area contributed by atoms with Crippen LogP contribution in [0.1, 0.15) is 15.4 Å². The summed E-state index contributed by atoms with van der Waals surface area (Å²) in [4.78, 5) is 16.1. The number of hydrogen-bond acceptors (Lipinski definition) is 7. The van der Waals surface area contributed by atoms with Crippen molar-refractivity contribution in [2.45, 2.75) is 0 Å². The number of rotatable bonds is 5. The molecule has 28 heavy (non-hydrogen) atoms. The molecule has 138 valence electrons. The lowest BCUT2D eigenvalue weighted by molar-refractivity contribution is 0.100. The minimum atomic E-state index is -0.547. The number of benzene rings is 2. The summed E-state index contributed by atoms with van der Waals surface area (Å²) in [6, 6.07) is 14.5. The van der Waals surface area contributed by atoms with Gasteiger partial charge in [-0.3, -0.25) is 4.79 Å². The van der Waals surface area contributed by atoms with Crippen molar-refractivity contribution >= 4 is 28.5 Å². The molecule has 1 amide bonds. The van der Waals surface area contributed by atoms with Gasteiger partial charge in [0.15, 0.2) is 11.5 Å². The first-order chi connectivity index (χ1) is 13.7. The van der Waals surface area contributed by atoms with Crippen molar-refractivity contribution in [3.8, 4) is 28.8 Å². The molecule has 3 N–H and O–H groups in total. The number of carbonyl (C=O) groups is 1. The van der Waals surface area contributed by atoms with E-state index in [0.717, 1.165) is 11.3 Å². The van der Waals surface area contributed by atoms with Gasteiger partial charge in [0.2, 0.25) is 6.79 Å². The van der Waals surface area contributed by atoms with Gasteiger partial charge < -0.3 is 20.5 Å². The van der Waals surface area contributed by atoms with E-state index in [0.29, 0.717) is 33.3 Å². The van der Waals surface area contributed by atoms with Crippen molar-refractivity contribution in [2.75, 3.05) is 12.1 Å². The summed E-state index contributed by atoms with van der Waals surface area (Å²) in [5, 5.41) is 14.9. The van der Waals surface area contributed by atoms with Gasteiger partial charge in [0.1, 0.15) is 16.6 Å². The highest BCUT2D eigenvalue weighted by atomic mass is 32.1. The quantitative estimate of drug-likeness (QED) is 0.644. The van der Waals surface area contributed by atoms with Gasteiger partial charge in [0, 0.05) is 17.1 Å². The van der Waals surface area contributed by atoms with Crippen molar-refractivity contribution in [2.24, 2.45) is 5.73 Å². The summed E-state index contributed by atoms with van der Waals surface area (Å²) in [7, 11) is 0. The van der Waals surface area contributed by atoms with Crippen molar-refractivity contribution in [1.82, 2.24) is 4.98 Å². The second-order valence-electron chi connectivity index (χ2n) is 5.83. The molecule has 0 atom stereocenters. The Kier molecular flexibility index (Phi) is 4.66. The molecular weight excluding hydrogens is 376 g/mol. The van der Waals surface area contributed by atoms with Crippen LogP contribution in [0.15, 0.2) is 54.0 Å². The van der Waals surface area contributed by atoms with Gasteiger partial charge >= 0.3 is 0 Å². The number of aromatic nitrogens is 1.